The van der Waals surface area contributed by atoms with Gasteiger partial charge in [-0.2, -0.15) is 13.2 Å². The molecule has 1 aromatic rings. The summed E-state index contributed by atoms with van der Waals surface area (Å²) in [5, 5.41) is 0. The molecular formula is C8H7BF6N-. The van der Waals surface area contributed by atoms with Gasteiger partial charge >= 0.3 is 13.2 Å². The lowest BCUT2D eigenvalue weighted by Gasteiger charge is -2.13. The van der Waals surface area contributed by atoms with E-state index < -0.39 is 25.2 Å². The zero-order chi connectivity index (χ0) is 12.4. The van der Waals surface area contributed by atoms with Crippen LogP contribution in [0.15, 0.2) is 18.3 Å². The monoisotopic (exact) mass is 242 g/mol. The predicted octanol–water partition coefficient (Wildman–Crippen LogP) is 3.49. The van der Waals surface area contributed by atoms with Crippen LogP contribution in [0.4, 0.5) is 26.1 Å². The van der Waals surface area contributed by atoms with Gasteiger partial charge in [0.15, 0.2) is 0 Å². The van der Waals surface area contributed by atoms with Gasteiger partial charge in [-0.25, -0.2) is 0 Å². The second-order valence-electron chi connectivity index (χ2n) is 3.30. The SMILES string of the molecule is F[B-](F)(F)CCc1ccc(C(F)(F)F)nc1. The number of alkyl halides is 3. The van der Waals surface area contributed by atoms with E-state index in [0.29, 0.717) is 6.07 Å². The summed E-state index contributed by atoms with van der Waals surface area (Å²) in [6.07, 6.45) is -5.08. The number of halogens is 6. The number of pyridine rings is 1. The van der Waals surface area contributed by atoms with Crippen LogP contribution in [0.5, 0.6) is 0 Å². The maximum atomic E-state index is 12.1. The molecular weight excluding hydrogens is 235 g/mol. The van der Waals surface area contributed by atoms with E-state index in [-0.39, 0.29) is 12.0 Å². The quantitative estimate of drug-likeness (QED) is 0.583. The van der Waals surface area contributed by atoms with Gasteiger partial charge in [-0.3, -0.25) is 4.98 Å². The van der Waals surface area contributed by atoms with E-state index in [1.54, 1.807) is 0 Å². The molecule has 0 fully saturated rings. The second kappa shape index (κ2) is 4.35. The Labute approximate surface area is 87.5 Å². The summed E-state index contributed by atoms with van der Waals surface area (Å²) in [4.78, 5) is 3.07. The minimum atomic E-state index is -4.91. The van der Waals surface area contributed by atoms with Crippen molar-refractivity contribution < 1.29 is 26.1 Å². The third kappa shape index (κ3) is 4.12. The molecule has 90 valence electrons. The van der Waals surface area contributed by atoms with Gasteiger partial charge in [0.2, 0.25) is 0 Å². The molecule has 0 radical (unpaired) electrons. The minimum Gasteiger partial charge on any atom is -0.449 e. The van der Waals surface area contributed by atoms with Crippen LogP contribution in [0.1, 0.15) is 11.3 Å². The zero-order valence-electron chi connectivity index (χ0n) is 7.94. The smallest absolute Gasteiger partial charge is 0.449 e. The average molecular weight is 242 g/mol. The van der Waals surface area contributed by atoms with E-state index in [1.807, 2.05) is 0 Å². The standard InChI is InChI=1S/C8H7BF6N/c10-8(11,12)7-2-1-6(5-16-7)3-4-9(13,14)15/h1-2,5H,3-4H2/q-1. The molecule has 0 amide bonds. The highest BCUT2D eigenvalue weighted by Crippen LogP contribution is 2.27. The third-order valence-electron chi connectivity index (χ3n) is 1.88. The molecule has 0 bridgehead atoms. The summed E-state index contributed by atoms with van der Waals surface area (Å²) in [6.45, 7) is -4.91. The molecule has 1 heterocycles. The van der Waals surface area contributed by atoms with Crippen molar-refractivity contribution >= 4 is 6.98 Å². The molecule has 16 heavy (non-hydrogen) atoms. The molecule has 0 aliphatic heterocycles. The van der Waals surface area contributed by atoms with Gasteiger partial charge in [0, 0.05) is 6.20 Å². The number of nitrogens with zero attached hydrogens (tertiary/aromatic N) is 1. The van der Waals surface area contributed by atoms with Gasteiger partial charge in [0.05, 0.1) is 0 Å². The average Bonchev–Trinajstić information content (AvgIpc) is 2.13. The van der Waals surface area contributed by atoms with Crippen molar-refractivity contribution in [3.63, 3.8) is 0 Å². The Bertz CT molecular complexity index is 341. The van der Waals surface area contributed by atoms with Gasteiger partial charge in [0.25, 0.3) is 0 Å². The van der Waals surface area contributed by atoms with E-state index in [1.165, 1.54) is 0 Å². The van der Waals surface area contributed by atoms with Crippen molar-refractivity contribution in [3.8, 4) is 0 Å². The van der Waals surface area contributed by atoms with Gasteiger partial charge in [-0.15, -0.1) is 0 Å². The lowest BCUT2D eigenvalue weighted by atomic mass is 9.83. The van der Waals surface area contributed by atoms with Crippen LogP contribution in [-0.2, 0) is 12.6 Å². The largest absolute Gasteiger partial charge is 0.478 e. The Kier molecular flexibility index (Phi) is 3.49. The molecule has 1 aromatic heterocycles. The van der Waals surface area contributed by atoms with Crippen LogP contribution in [0, 0.1) is 0 Å². The van der Waals surface area contributed by atoms with Gasteiger partial charge < -0.3 is 12.9 Å². The Balaban J connectivity index is 2.66. The lowest BCUT2D eigenvalue weighted by Crippen LogP contribution is -2.15. The summed E-state index contributed by atoms with van der Waals surface area (Å²) in [7, 11) is 0. The molecule has 0 saturated carbocycles. The molecule has 0 aliphatic rings. The van der Waals surface area contributed by atoms with Crippen LogP contribution in [-0.4, -0.2) is 12.0 Å². The maximum Gasteiger partial charge on any atom is 0.478 e. The van der Waals surface area contributed by atoms with Crippen molar-refractivity contribution in [2.45, 2.75) is 18.9 Å². The van der Waals surface area contributed by atoms with Gasteiger partial charge in [0.1, 0.15) is 5.69 Å². The van der Waals surface area contributed by atoms with Gasteiger partial charge in [-0.1, -0.05) is 18.8 Å². The molecule has 0 N–H and O–H groups in total. The number of aromatic nitrogens is 1. The molecule has 0 atom stereocenters. The zero-order valence-corrected chi connectivity index (χ0v) is 7.94. The van der Waals surface area contributed by atoms with Crippen molar-refractivity contribution in [3.05, 3.63) is 29.6 Å². The fourth-order valence-corrected chi connectivity index (χ4v) is 1.07. The Morgan fingerprint density at radius 3 is 2.12 bits per heavy atom. The molecule has 0 aliphatic carbocycles. The van der Waals surface area contributed by atoms with Crippen LogP contribution < -0.4 is 0 Å². The summed E-state index contributed by atoms with van der Waals surface area (Å²) in [6, 6.07) is 1.69. The maximum absolute atomic E-state index is 12.1. The van der Waals surface area contributed by atoms with E-state index in [0.717, 1.165) is 12.3 Å². The molecule has 0 aromatic carbocycles. The van der Waals surface area contributed by atoms with Crippen molar-refractivity contribution in [1.82, 2.24) is 4.98 Å². The van der Waals surface area contributed by atoms with Gasteiger partial charge in [-0.05, 0) is 11.6 Å². The number of rotatable bonds is 3. The highest BCUT2D eigenvalue weighted by Gasteiger charge is 2.32. The van der Waals surface area contributed by atoms with E-state index in [2.05, 4.69) is 4.98 Å². The van der Waals surface area contributed by atoms with Crippen molar-refractivity contribution in [2.24, 2.45) is 0 Å². The lowest BCUT2D eigenvalue weighted by molar-refractivity contribution is -0.141. The number of hydrogen-bond acceptors (Lipinski definition) is 1. The molecule has 0 spiro atoms. The molecule has 8 heteroatoms. The number of hydrogen-bond donors (Lipinski definition) is 0. The fourth-order valence-electron chi connectivity index (χ4n) is 1.07. The highest BCUT2D eigenvalue weighted by molar-refractivity contribution is 6.58. The van der Waals surface area contributed by atoms with Crippen molar-refractivity contribution in [2.75, 3.05) is 0 Å². The Hall–Kier alpha value is -1.21. The first-order chi connectivity index (χ1) is 7.18. The second-order valence-corrected chi connectivity index (χ2v) is 3.30. The third-order valence-corrected chi connectivity index (χ3v) is 1.88. The molecule has 1 rings (SSSR count). The van der Waals surface area contributed by atoms with Crippen LogP contribution in [0.25, 0.3) is 0 Å². The molecule has 0 unspecified atom stereocenters. The first kappa shape index (κ1) is 12.9. The molecule has 1 nitrogen and oxygen atoms in total. The van der Waals surface area contributed by atoms with Crippen LogP contribution in [0.3, 0.4) is 0 Å². The summed E-state index contributed by atoms with van der Waals surface area (Å²) in [5.74, 6) is 0. The molecule has 0 saturated heterocycles. The predicted molar refractivity (Wildman–Crippen MR) is 46.8 cm³/mol. The normalized spacial score (nSPS) is 12.9. The fraction of sp³-hybridized carbons (Fsp3) is 0.375. The summed E-state index contributed by atoms with van der Waals surface area (Å²) >= 11 is 0. The van der Waals surface area contributed by atoms with Crippen LogP contribution >= 0.6 is 0 Å². The highest BCUT2D eigenvalue weighted by atomic mass is 19.4. The first-order valence-corrected chi connectivity index (χ1v) is 4.41. The minimum absolute atomic E-state index is 0.146. The van der Waals surface area contributed by atoms with E-state index in [4.69, 9.17) is 0 Å². The van der Waals surface area contributed by atoms with Crippen molar-refractivity contribution in [1.29, 1.82) is 0 Å². The van der Waals surface area contributed by atoms with E-state index >= 15 is 0 Å². The number of aryl methyl sites for hydroxylation is 1. The van der Waals surface area contributed by atoms with E-state index in [9.17, 15) is 26.1 Å². The summed E-state index contributed by atoms with van der Waals surface area (Å²) < 4.78 is 71.8. The Morgan fingerprint density at radius 2 is 1.75 bits per heavy atom. The van der Waals surface area contributed by atoms with Crippen LogP contribution in [0.2, 0.25) is 6.32 Å². The Morgan fingerprint density at radius 1 is 1.12 bits per heavy atom. The summed E-state index contributed by atoms with van der Waals surface area (Å²) in [5.41, 5.74) is -0.957. The topological polar surface area (TPSA) is 12.9 Å². The first-order valence-electron chi connectivity index (χ1n) is 4.41.